The molecule has 0 amide bonds. The van der Waals surface area contributed by atoms with E-state index in [0.717, 1.165) is 68.7 Å². The van der Waals surface area contributed by atoms with Crippen LogP contribution in [0.15, 0.2) is 78.9 Å². The summed E-state index contributed by atoms with van der Waals surface area (Å²) in [5.74, 6) is -0.939. The number of hydrogen-bond donors (Lipinski definition) is 3. The van der Waals surface area contributed by atoms with Crippen LogP contribution in [-0.4, -0.2) is 11.1 Å². The molecule has 0 spiro atoms. The van der Waals surface area contributed by atoms with Crippen LogP contribution in [0.5, 0.6) is 0 Å². The standard InChI is InChI=1S/C30H28N2O2/c1-3-18-16-20(12-14-26(18)31)30(21-13-15-27(32)19(4-2)17-21)25-11-6-5-8-22(25)23-9-7-10-24(28(23)30)29(33)34/h5-17H,3-4,31-32H2,1-2H3,(H,33,34). The van der Waals surface area contributed by atoms with Gasteiger partial charge in [-0.05, 0) is 75.5 Å². The summed E-state index contributed by atoms with van der Waals surface area (Å²) in [4.78, 5) is 12.6. The molecule has 0 saturated heterocycles. The molecule has 1 aliphatic carbocycles. The number of carboxylic acids is 1. The fourth-order valence-corrected chi connectivity index (χ4v) is 5.60. The number of aryl methyl sites for hydroxylation is 2. The number of nitrogen functional groups attached to an aromatic ring is 2. The van der Waals surface area contributed by atoms with Gasteiger partial charge in [0.1, 0.15) is 0 Å². The molecule has 0 atom stereocenters. The molecule has 5 rings (SSSR count). The second kappa shape index (κ2) is 8.07. The first kappa shape index (κ1) is 21.8. The Bertz CT molecular complexity index is 1380. The van der Waals surface area contributed by atoms with Gasteiger partial charge in [-0.25, -0.2) is 4.79 Å². The van der Waals surface area contributed by atoms with E-state index < -0.39 is 11.4 Å². The van der Waals surface area contributed by atoms with Gasteiger partial charge < -0.3 is 16.6 Å². The van der Waals surface area contributed by atoms with Gasteiger partial charge in [0.05, 0.1) is 11.0 Å². The van der Waals surface area contributed by atoms with Gasteiger partial charge in [0.25, 0.3) is 0 Å². The van der Waals surface area contributed by atoms with Crippen molar-refractivity contribution in [2.45, 2.75) is 32.1 Å². The van der Waals surface area contributed by atoms with E-state index in [2.05, 4.69) is 38.1 Å². The summed E-state index contributed by atoms with van der Waals surface area (Å²) in [6, 6.07) is 26.0. The molecule has 0 radical (unpaired) electrons. The maximum absolute atomic E-state index is 12.6. The first-order valence-corrected chi connectivity index (χ1v) is 11.7. The average molecular weight is 449 g/mol. The SMILES string of the molecule is CCc1cc(C2(c3ccc(N)c(CC)c3)c3ccccc3-c3cccc(C(=O)O)c32)ccc1N. The zero-order valence-electron chi connectivity index (χ0n) is 19.4. The normalized spacial score (nSPS) is 13.4. The topological polar surface area (TPSA) is 89.3 Å². The molecule has 5 N–H and O–H groups in total. The van der Waals surface area contributed by atoms with E-state index in [1.165, 1.54) is 0 Å². The zero-order chi connectivity index (χ0) is 24.0. The Hall–Kier alpha value is -4.05. The third-order valence-corrected chi connectivity index (χ3v) is 7.20. The van der Waals surface area contributed by atoms with Gasteiger partial charge in [-0.1, -0.05) is 74.5 Å². The Balaban J connectivity index is 2.01. The summed E-state index contributed by atoms with van der Waals surface area (Å²) in [7, 11) is 0. The lowest BCUT2D eigenvalue weighted by Gasteiger charge is -2.35. The summed E-state index contributed by atoms with van der Waals surface area (Å²) in [5.41, 5.74) is 21.5. The number of anilines is 2. The van der Waals surface area contributed by atoms with Crippen molar-refractivity contribution in [1.82, 2.24) is 0 Å². The molecular weight excluding hydrogens is 420 g/mol. The number of carboxylic acid groups (broad SMARTS) is 1. The lowest BCUT2D eigenvalue weighted by molar-refractivity contribution is 0.0695. The molecule has 4 heteroatoms. The molecule has 1 aliphatic rings. The Kier molecular flexibility index (Phi) is 5.17. The number of fused-ring (bicyclic) bond motifs is 3. The quantitative estimate of drug-likeness (QED) is 0.286. The third kappa shape index (κ3) is 2.95. The molecule has 4 nitrogen and oxygen atoms in total. The van der Waals surface area contributed by atoms with Crippen molar-refractivity contribution in [2.75, 3.05) is 11.5 Å². The summed E-state index contributed by atoms with van der Waals surface area (Å²) >= 11 is 0. The van der Waals surface area contributed by atoms with Gasteiger partial charge in [-0.15, -0.1) is 0 Å². The third-order valence-electron chi connectivity index (χ3n) is 7.20. The summed E-state index contributed by atoms with van der Waals surface area (Å²) < 4.78 is 0. The number of aromatic carboxylic acids is 1. The fourth-order valence-electron chi connectivity index (χ4n) is 5.60. The number of nitrogens with two attached hydrogens (primary N) is 2. The highest BCUT2D eigenvalue weighted by Crippen LogP contribution is 2.57. The molecule has 4 aromatic rings. The second-order valence-electron chi connectivity index (χ2n) is 8.86. The minimum atomic E-state index is -0.939. The molecule has 170 valence electrons. The highest BCUT2D eigenvalue weighted by atomic mass is 16.4. The van der Waals surface area contributed by atoms with Gasteiger partial charge >= 0.3 is 5.97 Å². The highest BCUT2D eigenvalue weighted by molar-refractivity contribution is 5.98. The second-order valence-corrected chi connectivity index (χ2v) is 8.86. The van der Waals surface area contributed by atoms with Crippen LogP contribution in [0, 0.1) is 0 Å². The van der Waals surface area contributed by atoms with Gasteiger partial charge in [-0.2, -0.15) is 0 Å². The molecule has 0 aliphatic heterocycles. The summed E-state index contributed by atoms with van der Waals surface area (Å²) in [6.07, 6.45) is 1.57. The molecule has 0 heterocycles. The van der Waals surface area contributed by atoms with E-state index in [-0.39, 0.29) is 0 Å². The number of rotatable bonds is 5. The Morgan fingerprint density at radius 1 is 0.765 bits per heavy atom. The van der Waals surface area contributed by atoms with Crippen molar-refractivity contribution in [1.29, 1.82) is 0 Å². The van der Waals surface area contributed by atoms with Crippen LogP contribution < -0.4 is 11.5 Å². The zero-order valence-corrected chi connectivity index (χ0v) is 19.4. The number of benzene rings is 4. The van der Waals surface area contributed by atoms with Crippen LogP contribution in [-0.2, 0) is 18.3 Å². The molecule has 4 aromatic carbocycles. The van der Waals surface area contributed by atoms with Crippen molar-refractivity contribution >= 4 is 17.3 Å². The van der Waals surface area contributed by atoms with E-state index >= 15 is 0 Å². The van der Waals surface area contributed by atoms with Crippen LogP contribution in [0.1, 0.15) is 57.6 Å². The van der Waals surface area contributed by atoms with E-state index in [1.807, 2.05) is 48.5 Å². The molecule has 0 fully saturated rings. The van der Waals surface area contributed by atoms with Crippen molar-refractivity contribution in [3.8, 4) is 11.1 Å². The van der Waals surface area contributed by atoms with Crippen LogP contribution >= 0.6 is 0 Å². The molecular formula is C30H28N2O2. The summed E-state index contributed by atoms with van der Waals surface area (Å²) in [5, 5.41) is 10.3. The van der Waals surface area contributed by atoms with Crippen molar-refractivity contribution in [3.63, 3.8) is 0 Å². The first-order chi connectivity index (χ1) is 16.4. The van der Waals surface area contributed by atoms with E-state index in [4.69, 9.17) is 11.5 Å². The van der Waals surface area contributed by atoms with Gasteiger partial charge in [-0.3, -0.25) is 0 Å². The largest absolute Gasteiger partial charge is 0.478 e. The molecule has 0 aromatic heterocycles. The van der Waals surface area contributed by atoms with E-state index in [0.29, 0.717) is 5.56 Å². The Morgan fingerprint density at radius 3 is 1.88 bits per heavy atom. The number of carbonyl (C=O) groups is 1. The summed E-state index contributed by atoms with van der Waals surface area (Å²) in [6.45, 7) is 4.17. The molecule has 0 bridgehead atoms. The van der Waals surface area contributed by atoms with Gasteiger partial charge in [0, 0.05) is 11.4 Å². The predicted molar refractivity (Wildman–Crippen MR) is 138 cm³/mol. The van der Waals surface area contributed by atoms with Crippen LogP contribution in [0.25, 0.3) is 11.1 Å². The Morgan fingerprint density at radius 2 is 1.32 bits per heavy atom. The Labute approximate surface area is 199 Å². The first-order valence-electron chi connectivity index (χ1n) is 11.7. The van der Waals surface area contributed by atoms with E-state index in [9.17, 15) is 9.90 Å². The minimum Gasteiger partial charge on any atom is -0.478 e. The van der Waals surface area contributed by atoms with Crippen molar-refractivity contribution in [2.24, 2.45) is 0 Å². The maximum atomic E-state index is 12.6. The van der Waals surface area contributed by atoms with Crippen LogP contribution in [0.3, 0.4) is 0 Å². The van der Waals surface area contributed by atoms with Crippen LogP contribution in [0.2, 0.25) is 0 Å². The maximum Gasteiger partial charge on any atom is 0.336 e. The fraction of sp³-hybridized carbons (Fsp3) is 0.167. The van der Waals surface area contributed by atoms with Crippen molar-refractivity contribution in [3.05, 3.63) is 118 Å². The van der Waals surface area contributed by atoms with Crippen LogP contribution in [0.4, 0.5) is 11.4 Å². The van der Waals surface area contributed by atoms with E-state index in [1.54, 1.807) is 6.07 Å². The highest BCUT2D eigenvalue weighted by Gasteiger charge is 2.48. The monoisotopic (exact) mass is 448 g/mol. The number of hydrogen-bond acceptors (Lipinski definition) is 3. The van der Waals surface area contributed by atoms with Crippen molar-refractivity contribution < 1.29 is 9.90 Å². The average Bonchev–Trinajstić information content (AvgIpc) is 3.16. The minimum absolute atomic E-state index is 0.304. The molecule has 34 heavy (non-hydrogen) atoms. The lowest BCUT2D eigenvalue weighted by Crippen LogP contribution is -2.31. The smallest absolute Gasteiger partial charge is 0.336 e. The van der Waals surface area contributed by atoms with Gasteiger partial charge in [0.15, 0.2) is 0 Å². The lowest BCUT2D eigenvalue weighted by atomic mass is 9.66. The predicted octanol–water partition coefficient (Wildman–Crippen LogP) is 6.04. The molecule has 0 saturated carbocycles. The molecule has 0 unspecified atom stereocenters. The van der Waals surface area contributed by atoms with Gasteiger partial charge in [0.2, 0.25) is 0 Å².